The maximum Gasteiger partial charge on any atom is 0.128 e. The number of rotatable bonds is 2. The van der Waals surface area contributed by atoms with E-state index in [0.717, 1.165) is 44.0 Å². The zero-order valence-electron chi connectivity index (χ0n) is 10.1. The van der Waals surface area contributed by atoms with E-state index >= 15 is 0 Å². The Labute approximate surface area is 107 Å². The van der Waals surface area contributed by atoms with Gasteiger partial charge in [-0.25, -0.2) is 4.98 Å². The highest BCUT2D eigenvalue weighted by Crippen LogP contribution is 2.21. The normalized spacial score (nSPS) is 18.2. The summed E-state index contributed by atoms with van der Waals surface area (Å²) in [6, 6.07) is 1.88. The van der Waals surface area contributed by atoms with Crippen LogP contribution in [0, 0.1) is 0 Å². The molecule has 17 heavy (non-hydrogen) atoms. The molecule has 0 radical (unpaired) electrons. The molecule has 0 aromatic carbocycles. The number of halogens is 1. The second-order valence-electron chi connectivity index (χ2n) is 4.44. The Hall–Kier alpha value is -0.840. The van der Waals surface area contributed by atoms with Crippen molar-refractivity contribution in [1.29, 1.82) is 0 Å². The molecule has 1 N–H and O–H groups in total. The van der Waals surface area contributed by atoms with Gasteiger partial charge in [-0.3, -0.25) is 0 Å². The summed E-state index contributed by atoms with van der Waals surface area (Å²) in [7, 11) is 2.14. The van der Waals surface area contributed by atoms with Crippen molar-refractivity contribution in [1.82, 2.24) is 9.88 Å². The minimum absolute atomic E-state index is 0.0396. The molecule has 0 aliphatic carbocycles. The second kappa shape index (κ2) is 5.67. The molecular weight excluding hydrogens is 238 g/mol. The molecule has 1 fully saturated rings. The molecule has 1 aromatic heterocycles. The van der Waals surface area contributed by atoms with E-state index in [1.807, 2.05) is 6.07 Å². The van der Waals surface area contributed by atoms with Gasteiger partial charge in [-0.05, 0) is 26.1 Å². The molecule has 5 heteroatoms. The molecule has 1 aliphatic heterocycles. The zero-order chi connectivity index (χ0) is 12.3. The maximum atomic E-state index is 9.20. The number of likely N-dealkylation sites (N-methyl/N-ethyl adjacent to an activating group) is 1. The van der Waals surface area contributed by atoms with E-state index in [0.29, 0.717) is 5.02 Å². The van der Waals surface area contributed by atoms with E-state index in [1.54, 1.807) is 6.20 Å². The van der Waals surface area contributed by atoms with Crippen molar-refractivity contribution < 1.29 is 5.11 Å². The highest BCUT2D eigenvalue weighted by atomic mass is 35.5. The Morgan fingerprint density at radius 3 is 2.94 bits per heavy atom. The Bertz CT molecular complexity index is 386. The van der Waals surface area contributed by atoms with Gasteiger partial charge in [-0.2, -0.15) is 0 Å². The fourth-order valence-corrected chi connectivity index (χ4v) is 2.20. The Kier molecular flexibility index (Phi) is 4.20. The van der Waals surface area contributed by atoms with Crippen LogP contribution >= 0.6 is 11.6 Å². The third-order valence-electron chi connectivity index (χ3n) is 3.13. The quantitative estimate of drug-likeness (QED) is 0.867. The summed E-state index contributed by atoms with van der Waals surface area (Å²) in [5, 5.41) is 9.73. The van der Waals surface area contributed by atoms with E-state index in [9.17, 15) is 5.11 Å². The van der Waals surface area contributed by atoms with Gasteiger partial charge in [0.1, 0.15) is 5.82 Å². The lowest BCUT2D eigenvalue weighted by Crippen LogP contribution is -2.29. The van der Waals surface area contributed by atoms with Crippen LogP contribution in [0.15, 0.2) is 12.3 Å². The van der Waals surface area contributed by atoms with Gasteiger partial charge >= 0.3 is 0 Å². The Balaban J connectivity index is 2.15. The summed E-state index contributed by atoms with van der Waals surface area (Å²) in [6.45, 7) is 4.09. The lowest BCUT2D eigenvalue weighted by Gasteiger charge is -2.22. The molecule has 0 atom stereocenters. The fraction of sp³-hybridized carbons (Fsp3) is 0.583. The van der Waals surface area contributed by atoms with Crippen LogP contribution in [0.3, 0.4) is 0 Å². The molecule has 0 spiro atoms. The van der Waals surface area contributed by atoms with Crippen LogP contribution in [0.5, 0.6) is 0 Å². The third-order valence-corrected chi connectivity index (χ3v) is 3.47. The van der Waals surface area contributed by atoms with Gasteiger partial charge < -0.3 is 14.9 Å². The van der Waals surface area contributed by atoms with E-state index in [2.05, 4.69) is 21.8 Å². The van der Waals surface area contributed by atoms with Gasteiger partial charge in [0, 0.05) is 31.4 Å². The molecule has 1 aromatic rings. The second-order valence-corrected chi connectivity index (χ2v) is 4.84. The molecule has 2 rings (SSSR count). The standard InChI is InChI=1S/C12H18ClN3O/c1-15-3-2-4-16(6-5-15)12-7-10(9-17)11(13)8-14-12/h7-8,17H,2-6,9H2,1H3. The monoisotopic (exact) mass is 255 g/mol. The zero-order valence-corrected chi connectivity index (χ0v) is 10.8. The summed E-state index contributed by atoms with van der Waals surface area (Å²) >= 11 is 5.94. The lowest BCUT2D eigenvalue weighted by molar-refractivity contribution is 0.282. The molecule has 0 unspecified atom stereocenters. The lowest BCUT2D eigenvalue weighted by atomic mass is 10.2. The van der Waals surface area contributed by atoms with Gasteiger partial charge in [0.2, 0.25) is 0 Å². The predicted octanol–water partition coefficient (Wildman–Crippen LogP) is 1.37. The first-order valence-corrected chi connectivity index (χ1v) is 6.27. The molecule has 2 heterocycles. The number of aromatic nitrogens is 1. The Morgan fingerprint density at radius 1 is 1.35 bits per heavy atom. The number of hydrogen-bond acceptors (Lipinski definition) is 4. The number of aliphatic hydroxyl groups excluding tert-OH is 1. The van der Waals surface area contributed by atoms with Crippen molar-refractivity contribution in [3.05, 3.63) is 22.8 Å². The van der Waals surface area contributed by atoms with Crippen molar-refractivity contribution >= 4 is 17.4 Å². The van der Waals surface area contributed by atoms with E-state index in [4.69, 9.17) is 11.6 Å². The van der Waals surface area contributed by atoms with Crippen molar-refractivity contribution in [2.75, 3.05) is 38.1 Å². The summed E-state index contributed by atoms with van der Waals surface area (Å²) in [4.78, 5) is 8.91. The van der Waals surface area contributed by atoms with Crippen molar-refractivity contribution in [3.8, 4) is 0 Å². The van der Waals surface area contributed by atoms with Gasteiger partial charge in [0.25, 0.3) is 0 Å². The highest BCUT2D eigenvalue weighted by molar-refractivity contribution is 6.31. The molecule has 1 aliphatic rings. The van der Waals surface area contributed by atoms with Crippen molar-refractivity contribution in [3.63, 3.8) is 0 Å². The van der Waals surface area contributed by atoms with Crippen LogP contribution in [0.1, 0.15) is 12.0 Å². The average molecular weight is 256 g/mol. The molecule has 1 saturated heterocycles. The van der Waals surface area contributed by atoms with Crippen LogP contribution in [0.4, 0.5) is 5.82 Å². The minimum Gasteiger partial charge on any atom is -0.392 e. The van der Waals surface area contributed by atoms with Crippen LogP contribution in [0.2, 0.25) is 5.02 Å². The third kappa shape index (κ3) is 3.09. The van der Waals surface area contributed by atoms with E-state index in [1.165, 1.54) is 0 Å². The molecule has 0 bridgehead atoms. The fourth-order valence-electron chi connectivity index (χ4n) is 2.04. The van der Waals surface area contributed by atoms with Gasteiger partial charge in [0.05, 0.1) is 11.6 Å². The van der Waals surface area contributed by atoms with E-state index in [-0.39, 0.29) is 6.61 Å². The van der Waals surface area contributed by atoms with E-state index < -0.39 is 0 Å². The van der Waals surface area contributed by atoms with Crippen LogP contribution in [-0.2, 0) is 6.61 Å². The minimum atomic E-state index is -0.0396. The first-order chi connectivity index (χ1) is 8.20. The van der Waals surface area contributed by atoms with Crippen molar-refractivity contribution in [2.45, 2.75) is 13.0 Å². The smallest absolute Gasteiger partial charge is 0.128 e. The predicted molar refractivity (Wildman–Crippen MR) is 69.5 cm³/mol. The molecular formula is C12H18ClN3O. The number of pyridine rings is 1. The SMILES string of the molecule is CN1CCCN(c2cc(CO)c(Cl)cn2)CC1. The first kappa shape index (κ1) is 12.6. The van der Waals surface area contributed by atoms with Gasteiger partial charge in [-0.1, -0.05) is 11.6 Å². The summed E-state index contributed by atoms with van der Waals surface area (Å²) in [6.07, 6.45) is 2.76. The summed E-state index contributed by atoms with van der Waals surface area (Å²) < 4.78 is 0. The number of nitrogens with zero attached hydrogens (tertiary/aromatic N) is 3. The summed E-state index contributed by atoms with van der Waals surface area (Å²) in [5.74, 6) is 0.911. The topological polar surface area (TPSA) is 39.6 Å². The van der Waals surface area contributed by atoms with Crippen LogP contribution in [0.25, 0.3) is 0 Å². The molecule has 0 amide bonds. The summed E-state index contributed by atoms with van der Waals surface area (Å²) in [5.41, 5.74) is 0.745. The largest absolute Gasteiger partial charge is 0.392 e. The first-order valence-electron chi connectivity index (χ1n) is 5.89. The number of anilines is 1. The Morgan fingerprint density at radius 2 is 2.18 bits per heavy atom. The van der Waals surface area contributed by atoms with Gasteiger partial charge in [0.15, 0.2) is 0 Å². The molecule has 0 saturated carbocycles. The highest BCUT2D eigenvalue weighted by Gasteiger charge is 2.14. The average Bonchev–Trinajstić information content (AvgIpc) is 2.55. The van der Waals surface area contributed by atoms with Crippen LogP contribution < -0.4 is 4.90 Å². The van der Waals surface area contributed by atoms with Crippen LogP contribution in [-0.4, -0.2) is 48.2 Å². The maximum absolute atomic E-state index is 9.20. The number of hydrogen-bond donors (Lipinski definition) is 1. The number of aliphatic hydroxyl groups is 1. The molecule has 94 valence electrons. The van der Waals surface area contributed by atoms with Gasteiger partial charge in [-0.15, -0.1) is 0 Å². The molecule has 4 nitrogen and oxygen atoms in total. The van der Waals surface area contributed by atoms with Crippen molar-refractivity contribution in [2.24, 2.45) is 0 Å².